The Labute approximate surface area is 88.3 Å². The molecule has 0 aromatic heterocycles. The van der Waals surface area contributed by atoms with Gasteiger partial charge in [0, 0.05) is 6.42 Å². The third-order valence-electron chi connectivity index (χ3n) is 1.72. The fraction of sp³-hybridized carbons (Fsp3) is 0.0833. The van der Waals surface area contributed by atoms with Crippen molar-refractivity contribution in [1.29, 1.82) is 0 Å². The molecule has 0 saturated carbocycles. The van der Waals surface area contributed by atoms with E-state index in [1.54, 1.807) is 12.1 Å². The topological polar surface area (TPSA) is 46.5 Å². The largest absolute Gasteiger partial charge is 0.478 e. The van der Waals surface area contributed by atoms with Gasteiger partial charge in [0.1, 0.15) is 12.0 Å². The number of allylic oxidation sites excluding steroid dienone is 1. The van der Waals surface area contributed by atoms with Crippen LogP contribution in [0.25, 0.3) is 0 Å². The van der Waals surface area contributed by atoms with Crippen molar-refractivity contribution in [3.63, 3.8) is 0 Å². The van der Waals surface area contributed by atoms with Gasteiger partial charge in [0.25, 0.3) is 0 Å². The molecular weight excluding hydrogens is 192 g/mol. The first-order valence-electron chi connectivity index (χ1n) is 4.49. The highest BCUT2D eigenvalue weighted by Gasteiger charge is 2.05. The Morgan fingerprint density at radius 2 is 2.07 bits per heavy atom. The minimum Gasteiger partial charge on any atom is -0.478 e. The smallest absolute Gasteiger partial charge is 0.335 e. The molecule has 0 amide bonds. The summed E-state index contributed by atoms with van der Waals surface area (Å²) < 4.78 is 5.19. The summed E-state index contributed by atoms with van der Waals surface area (Å²) >= 11 is 0. The summed E-state index contributed by atoms with van der Waals surface area (Å²) in [5.74, 6) is -0.383. The van der Waals surface area contributed by atoms with Crippen LogP contribution in [0.5, 0.6) is 5.75 Å². The minimum absolute atomic E-state index is 0.175. The van der Waals surface area contributed by atoms with Gasteiger partial charge in [0.15, 0.2) is 0 Å². The quantitative estimate of drug-likeness (QED) is 0.455. The molecule has 0 aliphatic heterocycles. The molecule has 0 aliphatic rings. The number of hydrogen-bond donors (Lipinski definition) is 1. The molecule has 1 aromatic carbocycles. The zero-order chi connectivity index (χ0) is 11.1. The average Bonchev–Trinajstić information content (AvgIpc) is 2.25. The maximum absolute atomic E-state index is 10.7. The third kappa shape index (κ3) is 3.68. The van der Waals surface area contributed by atoms with Crippen LogP contribution in [0.1, 0.15) is 6.42 Å². The molecule has 0 aliphatic carbocycles. The highest BCUT2D eigenvalue weighted by atomic mass is 16.5. The lowest BCUT2D eigenvalue weighted by atomic mass is 10.2. The van der Waals surface area contributed by atoms with Crippen molar-refractivity contribution < 1.29 is 14.6 Å². The minimum atomic E-state index is -0.995. The van der Waals surface area contributed by atoms with E-state index in [0.717, 1.165) is 0 Å². The van der Waals surface area contributed by atoms with Crippen LogP contribution in [0.2, 0.25) is 0 Å². The molecule has 0 saturated heterocycles. The summed E-state index contributed by atoms with van der Waals surface area (Å²) in [7, 11) is 0. The van der Waals surface area contributed by atoms with Gasteiger partial charge < -0.3 is 9.84 Å². The van der Waals surface area contributed by atoms with Crippen molar-refractivity contribution in [2.45, 2.75) is 6.42 Å². The Bertz CT molecular complexity index is 366. The zero-order valence-corrected chi connectivity index (χ0v) is 8.22. The van der Waals surface area contributed by atoms with Gasteiger partial charge in [-0.2, -0.15) is 0 Å². The number of ether oxygens (including phenoxy) is 1. The molecule has 15 heavy (non-hydrogen) atoms. The van der Waals surface area contributed by atoms with E-state index >= 15 is 0 Å². The lowest BCUT2D eigenvalue weighted by Gasteiger charge is -2.01. The van der Waals surface area contributed by atoms with E-state index in [1.165, 1.54) is 12.3 Å². The van der Waals surface area contributed by atoms with Crippen LogP contribution in [0.15, 0.2) is 54.8 Å². The van der Waals surface area contributed by atoms with Gasteiger partial charge in [0.2, 0.25) is 0 Å². The molecule has 3 heteroatoms. The molecule has 3 nitrogen and oxygen atoms in total. The van der Waals surface area contributed by atoms with Crippen LogP contribution < -0.4 is 4.74 Å². The van der Waals surface area contributed by atoms with Gasteiger partial charge >= 0.3 is 5.97 Å². The van der Waals surface area contributed by atoms with Crippen LogP contribution in [0, 0.1) is 0 Å². The van der Waals surface area contributed by atoms with Crippen LogP contribution in [-0.2, 0) is 4.79 Å². The normalized spacial score (nSPS) is 10.8. The number of rotatable bonds is 5. The highest BCUT2D eigenvalue weighted by Crippen LogP contribution is 2.11. The Morgan fingerprint density at radius 1 is 1.40 bits per heavy atom. The van der Waals surface area contributed by atoms with E-state index in [4.69, 9.17) is 9.84 Å². The zero-order valence-electron chi connectivity index (χ0n) is 8.22. The SMILES string of the molecule is C=CCC(=COc1ccccc1)C(=O)O. The number of hydrogen-bond acceptors (Lipinski definition) is 2. The second kappa shape index (κ2) is 5.65. The third-order valence-corrected chi connectivity index (χ3v) is 1.72. The van der Waals surface area contributed by atoms with Crippen molar-refractivity contribution in [2.24, 2.45) is 0 Å². The molecule has 0 heterocycles. The summed E-state index contributed by atoms with van der Waals surface area (Å²) in [5, 5.41) is 8.79. The van der Waals surface area contributed by atoms with Crippen molar-refractivity contribution in [3.8, 4) is 5.75 Å². The second-order valence-corrected chi connectivity index (χ2v) is 2.87. The maximum atomic E-state index is 10.7. The lowest BCUT2D eigenvalue weighted by molar-refractivity contribution is -0.132. The summed E-state index contributed by atoms with van der Waals surface area (Å²) in [6.07, 6.45) is 3.04. The number of benzene rings is 1. The van der Waals surface area contributed by atoms with Crippen LogP contribution in [0.3, 0.4) is 0 Å². The van der Waals surface area contributed by atoms with Gasteiger partial charge in [-0.3, -0.25) is 0 Å². The standard InChI is InChI=1S/C12H12O3/c1-2-6-10(12(13)14)9-15-11-7-4-3-5-8-11/h2-5,7-9H,1,6H2,(H,13,14). The first-order chi connectivity index (χ1) is 7.24. The maximum Gasteiger partial charge on any atom is 0.335 e. The molecular formula is C12H12O3. The fourth-order valence-corrected chi connectivity index (χ4v) is 0.980. The molecule has 0 fully saturated rings. The van der Waals surface area contributed by atoms with Crippen LogP contribution in [-0.4, -0.2) is 11.1 Å². The number of carbonyl (C=O) groups is 1. The Morgan fingerprint density at radius 3 is 2.60 bits per heavy atom. The summed E-state index contributed by atoms with van der Waals surface area (Å²) in [4.78, 5) is 10.7. The lowest BCUT2D eigenvalue weighted by Crippen LogP contribution is -2.01. The number of aliphatic carboxylic acids is 1. The first-order valence-corrected chi connectivity index (χ1v) is 4.49. The van der Waals surface area contributed by atoms with E-state index in [0.29, 0.717) is 5.75 Å². The first kappa shape index (κ1) is 11.0. The number of carboxylic acids is 1. The van der Waals surface area contributed by atoms with E-state index in [-0.39, 0.29) is 12.0 Å². The fourth-order valence-electron chi connectivity index (χ4n) is 0.980. The molecule has 0 radical (unpaired) electrons. The van der Waals surface area contributed by atoms with Gasteiger partial charge in [-0.1, -0.05) is 24.3 Å². The number of carboxylic acid groups (broad SMARTS) is 1. The molecule has 78 valence electrons. The molecule has 0 spiro atoms. The molecule has 1 N–H and O–H groups in total. The van der Waals surface area contributed by atoms with Gasteiger partial charge in [0.05, 0.1) is 5.57 Å². The van der Waals surface area contributed by atoms with Crippen LogP contribution in [0.4, 0.5) is 0 Å². The van der Waals surface area contributed by atoms with Gasteiger partial charge in [-0.15, -0.1) is 6.58 Å². The molecule has 1 aromatic rings. The summed E-state index contributed by atoms with van der Waals surface area (Å²) in [6, 6.07) is 9.00. The highest BCUT2D eigenvalue weighted by molar-refractivity contribution is 5.86. The Kier molecular flexibility index (Phi) is 4.16. The molecule has 1 rings (SSSR count). The Balaban J connectivity index is 2.69. The summed E-state index contributed by atoms with van der Waals surface area (Å²) in [5.41, 5.74) is 0.175. The van der Waals surface area contributed by atoms with Gasteiger partial charge in [-0.05, 0) is 12.1 Å². The predicted molar refractivity (Wildman–Crippen MR) is 57.6 cm³/mol. The average molecular weight is 204 g/mol. The molecule has 0 unspecified atom stereocenters. The van der Waals surface area contributed by atoms with Gasteiger partial charge in [-0.25, -0.2) is 4.79 Å². The van der Waals surface area contributed by atoms with E-state index in [2.05, 4.69) is 6.58 Å². The van der Waals surface area contributed by atoms with Crippen molar-refractivity contribution >= 4 is 5.97 Å². The van der Waals surface area contributed by atoms with E-state index in [1.807, 2.05) is 18.2 Å². The van der Waals surface area contributed by atoms with Crippen molar-refractivity contribution in [3.05, 3.63) is 54.8 Å². The molecule has 0 atom stereocenters. The second-order valence-electron chi connectivity index (χ2n) is 2.87. The summed E-state index contributed by atoms with van der Waals surface area (Å²) in [6.45, 7) is 3.48. The van der Waals surface area contributed by atoms with E-state index in [9.17, 15) is 4.79 Å². The van der Waals surface area contributed by atoms with Crippen LogP contribution >= 0.6 is 0 Å². The van der Waals surface area contributed by atoms with E-state index < -0.39 is 5.97 Å². The number of para-hydroxylation sites is 1. The monoisotopic (exact) mass is 204 g/mol. The predicted octanol–water partition coefficient (Wildman–Crippen LogP) is 2.61. The molecule has 0 bridgehead atoms. The Hall–Kier alpha value is -2.03. The van der Waals surface area contributed by atoms with Crippen molar-refractivity contribution in [2.75, 3.05) is 0 Å². The van der Waals surface area contributed by atoms with Crippen molar-refractivity contribution in [1.82, 2.24) is 0 Å².